The SMILES string of the molecule is C[C@@H](NC(=O)[C@H](C)N1CCN(c2ccc(F)cc2)CC1)C(=O)O. The number of anilines is 1. The number of hydrogen-bond acceptors (Lipinski definition) is 4. The average molecular weight is 323 g/mol. The molecule has 0 radical (unpaired) electrons. The van der Waals surface area contributed by atoms with Gasteiger partial charge in [-0.05, 0) is 38.1 Å². The molecular formula is C16H22FN3O3. The van der Waals surface area contributed by atoms with Crippen molar-refractivity contribution in [2.24, 2.45) is 0 Å². The van der Waals surface area contributed by atoms with Gasteiger partial charge in [0.25, 0.3) is 0 Å². The summed E-state index contributed by atoms with van der Waals surface area (Å²) >= 11 is 0. The summed E-state index contributed by atoms with van der Waals surface area (Å²) in [5, 5.41) is 11.3. The molecule has 0 aromatic heterocycles. The van der Waals surface area contributed by atoms with E-state index < -0.39 is 12.0 Å². The van der Waals surface area contributed by atoms with Gasteiger partial charge < -0.3 is 15.3 Å². The minimum atomic E-state index is -1.05. The molecule has 0 unspecified atom stereocenters. The smallest absolute Gasteiger partial charge is 0.325 e. The minimum absolute atomic E-state index is 0.259. The first-order chi connectivity index (χ1) is 10.9. The van der Waals surface area contributed by atoms with E-state index in [9.17, 15) is 14.0 Å². The Bertz CT molecular complexity index is 556. The van der Waals surface area contributed by atoms with Gasteiger partial charge in [0.05, 0.1) is 6.04 Å². The molecule has 1 aliphatic rings. The quantitative estimate of drug-likeness (QED) is 0.843. The lowest BCUT2D eigenvalue weighted by Crippen LogP contribution is -2.55. The van der Waals surface area contributed by atoms with Crippen LogP contribution in [0.3, 0.4) is 0 Å². The number of halogens is 1. The van der Waals surface area contributed by atoms with Crippen molar-refractivity contribution in [1.29, 1.82) is 0 Å². The number of nitrogens with one attached hydrogen (secondary N) is 1. The van der Waals surface area contributed by atoms with E-state index in [1.165, 1.54) is 19.1 Å². The molecule has 2 N–H and O–H groups in total. The molecular weight excluding hydrogens is 301 g/mol. The zero-order valence-corrected chi connectivity index (χ0v) is 13.3. The number of nitrogens with zero attached hydrogens (tertiary/aromatic N) is 2. The lowest BCUT2D eigenvalue weighted by molar-refractivity contribution is -0.142. The van der Waals surface area contributed by atoms with Gasteiger partial charge >= 0.3 is 5.97 Å². The Balaban J connectivity index is 1.87. The number of carbonyl (C=O) groups is 2. The van der Waals surface area contributed by atoms with Crippen molar-refractivity contribution in [3.63, 3.8) is 0 Å². The Morgan fingerprint density at radius 3 is 2.22 bits per heavy atom. The Labute approximate surface area is 134 Å². The van der Waals surface area contributed by atoms with Crippen LogP contribution in [0.15, 0.2) is 24.3 Å². The predicted molar refractivity (Wildman–Crippen MR) is 84.9 cm³/mol. The van der Waals surface area contributed by atoms with E-state index in [2.05, 4.69) is 10.2 Å². The van der Waals surface area contributed by atoms with E-state index >= 15 is 0 Å². The largest absolute Gasteiger partial charge is 0.480 e. The van der Waals surface area contributed by atoms with Crippen molar-refractivity contribution >= 4 is 17.6 Å². The lowest BCUT2D eigenvalue weighted by atomic mass is 10.2. The van der Waals surface area contributed by atoms with Crippen LogP contribution >= 0.6 is 0 Å². The molecule has 0 spiro atoms. The van der Waals surface area contributed by atoms with E-state index in [0.717, 1.165) is 18.8 Å². The van der Waals surface area contributed by atoms with Gasteiger partial charge in [0.15, 0.2) is 0 Å². The number of hydrogen-bond donors (Lipinski definition) is 2. The zero-order chi connectivity index (χ0) is 17.0. The Morgan fingerprint density at radius 1 is 1.13 bits per heavy atom. The number of aliphatic carboxylic acids is 1. The fourth-order valence-electron chi connectivity index (χ4n) is 2.58. The summed E-state index contributed by atoms with van der Waals surface area (Å²) in [6.45, 7) is 6.06. The molecule has 2 atom stereocenters. The summed E-state index contributed by atoms with van der Waals surface area (Å²) in [5.74, 6) is -1.59. The van der Waals surface area contributed by atoms with Gasteiger partial charge in [0.1, 0.15) is 11.9 Å². The predicted octanol–water partition coefficient (Wildman–Crippen LogP) is 0.925. The molecule has 0 bridgehead atoms. The minimum Gasteiger partial charge on any atom is -0.480 e. The van der Waals surface area contributed by atoms with Crippen molar-refractivity contribution in [3.8, 4) is 0 Å². The summed E-state index contributed by atoms with van der Waals surface area (Å²) < 4.78 is 13.0. The number of carboxylic acid groups (broad SMARTS) is 1. The lowest BCUT2D eigenvalue weighted by Gasteiger charge is -2.38. The van der Waals surface area contributed by atoms with Gasteiger partial charge in [-0.2, -0.15) is 0 Å². The van der Waals surface area contributed by atoms with Gasteiger partial charge in [0.2, 0.25) is 5.91 Å². The number of benzene rings is 1. The maximum atomic E-state index is 13.0. The van der Waals surface area contributed by atoms with Crippen molar-refractivity contribution in [2.75, 3.05) is 31.1 Å². The molecule has 126 valence electrons. The van der Waals surface area contributed by atoms with Gasteiger partial charge in [-0.3, -0.25) is 14.5 Å². The summed E-state index contributed by atoms with van der Waals surface area (Å²) in [6.07, 6.45) is 0. The van der Waals surface area contributed by atoms with E-state index in [0.29, 0.717) is 13.1 Å². The molecule has 7 heteroatoms. The maximum Gasteiger partial charge on any atom is 0.325 e. The molecule has 0 aliphatic carbocycles. The second kappa shape index (κ2) is 7.41. The zero-order valence-electron chi connectivity index (χ0n) is 13.3. The van der Waals surface area contributed by atoms with Gasteiger partial charge in [-0.25, -0.2) is 4.39 Å². The van der Waals surface area contributed by atoms with Gasteiger partial charge in [0, 0.05) is 31.9 Å². The van der Waals surface area contributed by atoms with Crippen molar-refractivity contribution < 1.29 is 19.1 Å². The van der Waals surface area contributed by atoms with E-state index in [-0.39, 0.29) is 17.8 Å². The van der Waals surface area contributed by atoms with Gasteiger partial charge in [-0.15, -0.1) is 0 Å². The topological polar surface area (TPSA) is 72.9 Å². The molecule has 1 saturated heterocycles. The first kappa shape index (κ1) is 17.2. The van der Waals surface area contributed by atoms with Crippen LogP contribution in [0.5, 0.6) is 0 Å². The molecule has 1 fully saturated rings. The summed E-state index contributed by atoms with van der Waals surface area (Å²) in [4.78, 5) is 27.0. The molecule has 1 amide bonds. The molecule has 23 heavy (non-hydrogen) atoms. The molecule has 1 aliphatic heterocycles. The number of piperazine rings is 1. The fraction of sp³-hybridized carbons (Fsp3) is 0.500. The van der Waals surface area contributed by atoms with E-state index in [1.807, 2.05) is 4.90 Å². The first-order valence-corrected chi connectivity index (χ1v) is 7.66. The summed E-state index contributed by atoms with van der Waals surface area (Å²) in [6, 6.07) is 5.08. The van der Waals surface area contributed by atoms with Crippen molar-refractivity contribution in [3.05, 3.63) is 30.1 Å². The Morgan fingerprint density at radius 2 is 1.70 bits per heavy atom. The van der Waals surface area contributed by atoms with Crippen molar-refractivity contribution in [2.45, 2.75) is 25.9 Å². The third-order valence-corrected chi connectivity index (χ3v) is 4.16. The average Bonchev–Trinajstić information content (AvgIpc) is 2.55. The number of rotatable bonds is 5. The standard InChI is InChI=1S/C16H22FN3O3/c1-11(16(22)23)18-15(21)12(2)19-7-9-20(10-8-19)14-5-3-13(17)4-6-14/h3-6,11-12H,7-10H2,1-2H3,(H,18,21)(H,22,23)/t11-,12+/m1/s1. The highest BCUT2D eigenvalue weighted by Crippen LogP contribution is 2.17. The van der Waals surface area contributed by atoms with Crippen LogP contribution in [0.25, 0.3) is 0 Å². The van der Waals surface area contributed by atoms with Crippen LogP contribution in [0, 0.1) is 5.82 Å². The molecule has 1 aromatic rings. The highest BCUT2D eigenvalue weighted by atomic mass is 19.1. The number of amides is 1. The van der Waals surface area contributed by atoms with Crippen LogP contribution in [0.1, 0.15) is 13.8 Å². The number of carboxylic acids is 1. The highest BCUT2D eigenvalue weighted by Gasteiger charge is 2.27. The monoisotopic (exact) mass is 323 g/mol. The Hall–Kier alpha value is -2.15. The maximum absolute atomic E-state index is 13.0. The van der Waals surface area contributed by atoms with Crippen LogP contribution in [0.2, 0.25) is 0 Å². The first-order valence-electron chi connectivity index (χ1n) is 7.66. The molecule has 2 rings (SSSR count). The fourth-order valence-corrected chi connectivity index (χ4v) is 2.58. The summed E-state index contributed by atoms with van der Waals surface area (Å²) in [5.41, 5.74) is 0.961. The third-order valence-electron chi connectivity index (χ3n) is 4.16. The molecule has 1 heterocycles. The van der Waals surface area contributed by atoms with E-state index in [1.54, 1.807) is 19.1 Å². The number of carbonyl (C=O) groups excluding carboxylic acids is 1. The van der Waals surface area contributed by atoms with Crippen LogP contribution < -0.4 is 10.2 Å². The second-order valence-corrected chi connectivity index (χ2v) is 5.74. The molecule has 6 nitrogen and oxygen atoms in total. The Kier molecular flexibility index (Phi) is 5.54. The molecule has 0 saturated carbocycles. The summed E-state index contributed by atoms with van der Waals surface area (Å²) in [7, 11) is 0. The van der Waals surface area contributed by atoms with Crippen LogP contribution in [-0.4, -0.2) is 60.1 Å². The van der Waals surface area contributed by atoms with Crippen LogP contribution in [-0.2, 0) is 9.59 Å². The van der Waals surface area contributed by atoms with Crippen molar-refractivity contribution in [1.82, 2.24) is 10.2 Å². The molecule has 1 aromatic carbocycles. The van der Waals surface area contributed by atoms with Gasteiger partial charge in [-0.1, -0.05) is 0 Å². The highest BCUT2D eigenvalue weighted by molar-refractivity contribution is 5.86. The third kappa shape index (κ3) is 4.41. The normalized spacial score (nSPS) is 18.3. The second-order valence-electron chi connectivity index (χ2n) is 5.74. The van der Waals surface area contributed by atoms with Crippen LogP contribution in [0.4, 0.5) is 10.1 Å². The van der Waals surface area contributed by atoms with E-state index in [4.69, 9.17) is 5.11 Å².